The SMILES string of the molecule is O=C1C(=O)N(CCCn2ccnc2)[C@H](c2ccc(Br)cc2)/C1=C(\O)c1ccc(Br)cc1. The summed E-state index contributed by atoms with van der Waals surface area (Å²) in [5.74, 6) is -1.44. The van der Waals surface area contributed by atoms with Gasteiger partial charge in [-0.3, -0.25) is 9.59 Å². The Morgan fingerprint density at radius 2 is 1.61 bits per heavy atom. The highest BCUT2D eigenvalue weighted by molar-refractivity contribution is 9.10. The molecule has 0 saturated carbocycles. The number of aliphatic hydroxyl groups excluding tert-OH is 1. The molecule has 1 saturated heterocycles. The minimum atomic E-state index is -0.670. The van der Waals surface area contributed by atoms with Gasteiger partial charge in [0.05, 0.1) is 17.9 Å². The lowest BCUT2D eigenvalue weighted by molar-refractivity contribution is -0.139. The Bertz CT molecular complexity index is 1120. The number of imidazole rings is 1. The normalized spacial score (nSPS) is 18.0. The predicted molar refractivity (Wildman–Crippen MR) is 124 cm³/mol. The van der Waals surface area contributed by atoms with Crippen molar-refractivity contribution in [3.63, 3.8) is 0 Å². The van der Waals surface area contributed by atoms with E-state index in [0.29, 0.717) is 25.1 Å². The lowest BCUT2D eigenvalue weighted by atomic mass is 9.95. The maximum absolute atomic E-state index is 13.0. The van der Waals surface area contributed by atoms with Gasteiger partial charge in [-0.1, -0.05) is 56.1 Å². The first-order chi connectivity index (χ1) is 15.0. The van der Waals surface area contributed by atoms with Crippen molar-refractivity contribution in [1.82, 2.24) is 14.5 Å². The number of aliphatic hydroxyl groups is 1. The van der Waals surface area contributed by atoms with E-state index in [2.05, 4.69) is 36.8 Å². The molecule has 1 aliphatic rings. The number of halogens is 2. The first-order valence-electron chi connectivity index (χ1n) is 9.71. The second-order valence-electron chi connectivity index (χ2n) is 7.20. The van der Waals surface area contributed by atoms with Crippen LogP contribution in [0.25, 0.3) is 5.76 Å². The number of nitrogens with zero attached hydrogens (tertiary/aromatic N) is 3. The van der Waals surface area contributed by atoms with Crippen molar-refractivity contribution >= 4 is 49.3 Å². The van der Waals surface area contributed by atoms with Gasteiger partial charge in [-0.25, -0.2) is 4.98 Å². The quantitative estimate of drug-likeness (QED) is 0.271. The van der Waals surface area contributed by atoms with Crippen LogP contribution in [0.5, 0.6) is 0 Å². The Labute approximate surface area is 196 Å². The van der Waals surface area contributed by atoms with Crippen LogP contribution in [0, 0.1) is 0 Å². The molecule has 1 fully saturated rings. The van der Waals surface area contributed by atoms with Crippen molar-refractivity contribution in [3.05, 3.63) is 92.9 Å². The molecule has 1 atom stereocenters. The van der Waals surface area contributed by atoms with Crippen LogP contribution in [0.2, 0.25) is 0 Å². The molecular weight excluding hydrogens is 526 g/mol. The Morgan fingerprint density at radius 1 is 0.968 bits per heavy atom. The van der Waals surface area contributed by atoms with Gasteiger partial charge < -0.3 is 14.6 Å². The van der Waals surface area contributed by atoms with E-state index in [0.717, 1.165) is 14.5 Å². The zero-order valence-electron chi connectivity index (χ0n) is 16.4. The molecule has 0 radical (unpaired) electrons. The van der Waals surface area contributed by atoms with Crippen molar-refractivity contribution in [2.45, 2.75) is 19.0 Å². The van der Waals surface area contributed by atoms with E-state index in [-0.39, 0.29) is 11.3 Å². The van der Waals surface area contributed by atoms with Crippen LogP contribution in [0.15, 0.2) is 81.8 Å². The van der Waals surface area contributed by atoms with Crippen molar-refractivity contribution in [1.29, 1.82) is 0 Å². The monoisotopic (exact) mass is 543 g/mol. The summed E-state index contributed by atoms with van der Waals surface area (Å²) in [7, 11) is 0. The minimum Gasteiger partial charge on any atom is -0.507 e. The largest absolute Gasteiger partial charge is 0.507 e. The number of benzene rings is 2. The third kappa shape index (κ3) is 4.50. The maximum Gasteiger partial charge on any atom is 0.295 e. The molecule has 0 unspecified atom stereocenters. The molecule has 3 aromatic rings. The van der Waals surface area contributed by atoms with E-state index >= 15 is 0 Å². The molecule has 0 aliphatic carbocycles. The Morgan fingerprint density at radius 3 is 2.23 bits per heavy atom. The smallest absolute Gasteiger partial charge is 0.295 e. The van der Waals surface area contributed by atoms with E-state index in [1.165, 1.54) is 0 Å². The summed E-state index contributed by atoms with van der Waals surface area (Å²) in [5.41, 5.74) is 1.36. The number of ketones is 1. The summed E-state index contributed by atoms with van der Waals surface area (Å²) >= 11 is 6.79. The fourth-order valence-corrected chi connectivity index (χ4v) is 4.24. The first kappa shape index (κ1) is 21.5. The standard InChI is InChI=1S/C23H19Br2N3O3/c24-17-6-2-15(3-7-17)20-19(21(29)16-4-8-18(25)9-5-16)22(30)23(31)28(20)12-1-11-27-13-10-26-14-27/h2-10,13-14,20,29H,1,11-12H2/b21-19+/t20-/m1/s1. The summed E-state index contributed by atoms with van der Waals surface area (Å²) in [5, 5.41) is 11.0. The molecule has 2 heterocycles. The fraction of sp³-hybridized carbons (Fsp3) is 0.174. The average molecular weight is 545 g/mol. The number of hydrogen-bond donors (Lipinski definition) is 1. The molecule has 1 aromatic heterocycles. The zero-order valence-corrected chi connectivity index (χ0v) is 19.6. The molecule has 1 N–H and O–H groups in total. The fourth-order valence-electron chi connectivity index (χ4n) is 3.71. The molecule has 158 valence electrons. The molecule has 0 bridgehead atoms. The third-order valence-corrected chi connectivity index (χ3v) is 6.28. The summed E-state index contributed by atoms with van der Waals surface area (Å²) in [4.78, 5) is 31.5. The van der Waals surface area contributed by atoms with Crippen LogP contribution in [0.4, 0.5) is 0 Å². The third-order valence-electron chi connectivity index (χ3n) is 5.22. The predicted octanol–water partition coefficient (Wildman–Crippen LogP) is 4.92. The number of rotatable bonds is 6. The topological polar surface area (TPSA) is 75.4 Å². The van der Waals surface area contributed by atoms with Crippen molar-refractivity contribution in [2.24, 2.45) is 0 Å². The number of likely N-dealkylation sites (tertiary alicyclic amines) is 1. The van der Waals surface area contributed by atoms with Gasteiger partial charge in [0.15, 0.2) is 0 Å². The van der Waals surface area contributed by atoms with Gasteiger partial charge in [-0.15, -0.1) is 0 Å². The van der Waals surface area contributed by atoms with Gasteiger partial charge in [0, 0.05) is 40.0 Å². The number of amides is 1. The van der Waals surface area contributed by atoms with Gasteiger partial charge in [-0.05, 0) is 36.2 Å². The highest BCUT2D eigenvalue weighted by Gasteiger charge is 2.45. The summed E-state index contributed by atoms with van der Waals surface area (Å²) in [6.45, 7) is 1.05. The van der Waals surface area contributed by atoms with Gasteiger partial charge in [0.1, 0.15) is 5.76 Å². The average Bonchev–Trinajstić information content (AvgIpc) is 3.37. The number of hydrogen-bond acceptors (Lipinski definition) is 4. The van der Waals surface area contributed by atoms with Gasteiger partial charge >= 0.3 is 0 Å². The Kier molecular flexibility index (Phi) is 6.38. The zero-order chi connectivity index (χ0) is 22.0. The summed E-state index contributed by atoms with van der Waals surface area (Å²) in [6, 6.07) is 13.8. The maximum atomic E-state index is 13.0. The van der Waals surface area contributed by atoms with E-state index in [1.807, 2.05) is 35.0 Å². The molecular formula is C23H19Br2N3O3. The highest BCUT2D eigenvalue weighted by atomic mass is 79.9. The molecule has 0 spiro atoms. The first-order valence-corrected chi connectivity index (χ1v) is 11.3. The second-order valence-corrected chi connectivity index (χ2v) is 9.04. The van der Waals surface area contributed by atoms with Crippen LogP contribution in [0.3, 0.4) is 0 Å². The van der Waals surface area contributed by atoms with E-state index in [1.54, 1.807) is 41.7 Å². The summed E-state index contributed by atoms with van der Waals surface area (Å²) in [6.07, 6.45) is 5.92. The second kappa shape index (κ2) is 9.20. The lowest BCUT2D eigenvalue weighted by Crippen LogP contribution is -2.31. The van der Waals surface area contributed by atoms with E-state index in [9.17, 15) is 14.7 Å². The molecule has 4 rings (SSSR count). The molecule has 2 aromatic carbocycles. The number of aryl methyl sites for hydroxylation is 1. The lowest BCUT2D eigenvalue weighted by Gasteiger charge is -2.25. The van der Waals surface area contributed by atoms with Crippen molar-refractivity contribution in [2.75, 3.05) is 6.54 Å². The molecule has 6 nitrogen and oxygen atoms in total. The van der Waals surface area contributed by atoms with Crippen LogP contribution in [-0.4, -0.2) is 37.8 Å². The van der Waals surface area contributed by atoms with Crippen molar-refractivity contribution in [3.8, 4) is 0 Å². The number of aromatic nitrogens is 2. The van der Waals surface area contributed by atoms with Crippen LogP contribution >= 0.6 is 31.9 Å². The molecule has 1 aliphatic heterocycles. The van der Waals surface area contributed by atoms with Gasteiger partial charge in [0.2, 0.25) is 0 Å². The summed E-state index contributed by atoms with van der Waals surface area (Å²) < 4.78 is 3.67. The number of carbonyl (C=O) groups is 2. The Hall–Kier alpha value is -2.71. The van der Waals surface area contributed by atoms with E-state index in [4.69, 9.17) is 0 Å². The molecule has 8 heteroatoms. The van der Waals surface area contributed by atoms with Gasteiger partial charge in [0.25, 0.3) is 11.7 Å². The van der Waals surface area contributed by atoms with E-state index < -0.39 is 17.7 Å². The van der Waals surface area contributed by atoms with Crippen molar-refractivity contribution < 1.29 is 14.7 Å². The Balaban J connectivity index is 1.72. The number of Topliss-reactive ketones (excluding diaryl/α,β-unsaturated/α-hetero) is 1. The highest BCUT2D eigenvalue weighted by Crippen LogP contribution is 2.39. The molecule has 31 heavy (non-hydrogen) atoms. The minimum absolute atomic E-state index is 0.109. The molecule has 1 amide bonds. The van der Waals surface area contributed by atoms with Gasteiger partial charge in [-0.2, -0.15) is 0 Å². The number of carbonyl (C=O) groups excluding carboxylic acids is 2. The van der Waals surface area contributed by atoms with Crippen LogP contribution in [-0.2, 0) is 16.1 Å². The van der Waals surface area contributed by atoms with Crippen LogP contribution in [0.1, 0.15) is 23.6 Å². The van der Waals surface area contributed by atoms with Crippen LogP contribution < -0.4 is 0 Å².